The number of hydrogen-bond acceptors (Lipinski definition) is 8. The van der Waals surface area contributed by atoms with Crippen LogP contribution in [0.4, 0.5) is 11.5 Å². The van der Waals surface area contributed by atoms with E-state index >= 15 is 0 Å². The molecule has 3 aromatic heterocycles. The third-order valence-electron chi connectivity index (χ3n) is 6.64. The van der Waals surface area contributed by atoms with Gasteiger partial charge in [0.2, 0.25) is 0 Å². The topological polar surface area (TPSA) is 102 Å². The van der Waals surface area contributed by atoms with E-state index in [0.717, 1.165) is 50.6 Å². The second-order valence-corrected chi connectivity index (χ2v) is 12.9. The van der Waals surface area contributed by atoms with Gasteiger partial charge in [0, 0.05) is 65.0 Å². The first-order chi connectivity index (χ1) is 19.4. The van der Waals surface area contributed by atoms with E-state index in [0.29, 0.717) is 13.1 Å². The van der Waals surface area contributed by atoms with Crippen molar-refractivity contribution < 1.29 is 8.42 Å². The highest BCUT2D eigenvalue weighted by Gasteiger charge is 2.11. The van der Waals surface area contributed by atoms with E-state index in [9.17, 15) is 8.42 Å². The Kier molecular flexibility index (Phi) is 7.29. The summed E-state index contributed by atoms with van der Waals surface area (Å²) in [6, 6.07) is 25.0. The molecular formula is C30H28N6O2S2. The van der Waals surface area contributed by atoms with Crippen LogP contribution in [-0.2, 0) is 22.9 Å². The molecule has 0 aliphatic heterocycles. The van der Waals surface area contributed by atoms with E-state index in [1.54, 1.807) is 17.7 Å². The van der Waals surface area contributed by atoms with Crippen LogP contribution in [0.15, 0.2) is 90.7 Å². The van der Waals surface area contributed by atoms with Crippen molar-refractivity contribution in [3.05, 3.63) is 101 Å². The van der Waals surface area contributed by atoms with Crippen molar-refractivity contribution in [2.24, 2.45) is 0 Å². The molecule has 202 valence electrons. The summed E-state index contributed by atoms with van der Waals surface area (Å²) in [6.07, 6.45) is 4.93. The Labute approximate surface area is 236 Å². The van der Waals surface area contributed by atoms with Crippen molar-refractivity contribution >= 4 is 54.5 Å². The number of nitrogens with zero attached hydrogens (tertiary/aromatic N) is 4. The number of benzene rings is 3. The third kappa shape index (κ3) is 6.04. The minimum atomic E-state index is -2.98. The largest absolute Gasteiger partial charge is 0.343 e. The second kappa shape index (κ2) is 11.2. The molecule has 0 saturated carbocycles. The zero-order valence-corrected chi connectivity index (χ0v) is 23.5. The Morgan fingerprint density at radius 2 is 1.85 bits per heavy atom. The molecule has 0 radical (unpaired) electrons. The molecule has 10 heteroatoms. The number of anilines is 2. The van der Waals surface area contributed by atoms with Crippen molar-refractivity contribution in [1.82, 2.24) is 24.8 Å². The molecule has 0 bridgehead atoms. The van der Waals surface area contributed by atoms with Gasteiger partial charge in [-0.05, 0) is 42.0 Å². The lowest BCUT2D eigenvalue weighted by Crippen LogP contribution is -2.21. The maximum absolute atomic E-state index is 11.3. The first-order valence-corrected chi connectivity index (χ1v) is 15.8. The van der Waals surface area contributed by atoms with Crippen LogP contribution < -0.4 is 10.6 Å². The van der Waals surface area contributed by atoms with Crippen molar-refractivity contribution in [3.63, 3.8) is 0 Å². The normalized spacial score (nSPS) is 11.8. The summed E-state index contributed by atoms with van der Waals surface area (Å²) in [6.45, 7) is 1.75. The van der Waals surface area contributed by atoms with Crippen LogP contribution >= 0.6 is 11.3 Å². The quantitative estimate of drug-likeness (QED) is 0.206. The molecule has 0 aliphatic rings. The molecule has 3 aromatic carbocycles. The maximum atomic E-state index is 11.3. The van der Waals surface area contributed by atoms with Gasteiger partial charge in [-0.15, -0.1) is 11.3 Å². The summed E-state index contributed by atoms with van der Waals surface area (Å²) in [7, 11) is -2.98. The number of nitrogens with one attached hydrogen (secondary N) is 2. The fourth-order valence-electron chi connectivity index (χ4n) is 4.63. The zero-order chi connectivity index (χ0) is 27.5. The minimum absolute atomic E-state index is 0.109. The molecule has 6 aromatic rings. The number of thiazole rings is 1. The van der Waals surface area contributed by atoms with Crippen LogP contribution in [-0.4, -0.2) is 46.5 Å². The Hall–Kier alpha value is -4.12. The standard InChI is InChI=1S/C30H28N6O2S2/c1-40(37,38)14-12-31-17-29-35-27(19-39-29)22-7-9-26-25(16-22)30(33-20-32-26)34-24-8-10-28-23(15-24)11-13-36(28)18-21-5-3-2-4-6-21/h2-11,13,15-16,19-20,31H,12,14,17-18H2,1H3,(H,32,33,34). The van der Waals surface area contributed by atoms with Gasteiger partial charge >= 0.3 is 0 Å². The van der Waals surface area contributed by atoms with Crippen molar-refractivity contribution in [1.29, 1.82) is 0 Å². The SMILES string of the molecule is CS(=O)(=O)CCNCc1nc(-c2ccc3ncnc(Nc4ccc5c(ccn5Cc5ccccc5)c4)c3c2)cs1. The number of sulfone groups is 1. The van der Waals surface area contributed by atoms with Crippen LogP contribution in [0.3, 0.4) is 0 Å². The lowest BCUT2D eigenvalue weighted by Gasteiger charge is -2.10. The molecule has 2 N–H and O–H groups in total. The van der Waals surface area contributed by atoms with Crippen LogP contribution in [0.1, 0.15) is 10.6 Å². The highest BCUT2D eigenvalue weighted by molar-refractivity contribution is 7.90. The van der Waals surface area contributed by atoms with Gasteiger partial charge in [-0.25, -0.2) is 23.4 Å². The third-order valence-corrected chi connectivity index (χ3v) is 8.43. The highest BCUT2D eigenvalue weighted by Crippen LogP contribution is 2.30. The second-order valence-electron chi connectivity index (χ2n) is 9.72. The van der Waals surface area contributed by atoms with Crippen molar-refractivity contribution in [3.8, 4) is 11.3 Å². The molecule has 3 heterocycles. The van der Waals surface area contributed by atoms with Gasteiger partial charge in [0.05, 0.1) is 17.0 Å². The number of rotatable bonds is 10. The Morgan fingerprint density at radius 1 is 0.975 bits per heavy atom. The van der Waals surface area contributed by atoms with Crippen LogP contribution in [0.5, 0.6) is 0 Å². The highest BCUT2D eigenvalue weighted by atomic mass is 32.2. The Balaban J connectivity index is 1.21. The number of hydrogen-bond donors (Lipinski definition) is 2. The average Bonchev–Trinajstić information content (AvgIpc) is 3.58. The van der Waals surface area contributed by atoms with Gasteiger partial charge in [0.25, 0.3) is 0 Å². The van der Waals surface area contributed by atoms with Gasteiger partial charge in [-0.3, -0.25) is 0 Å². The predicted molar refractivity (Wildman–Crippen MR) is 163 cm³/mol. The van der Waals surface area contributed by atoms with E-state index in [2.05, 4.69) is 86.0 Å². The van der Waals surface area contributed by atoms with E-state index in [-0.39, 0.29) is 5.75 Å². The van der Waals surface area contributed by atoms with Gasteiger partial charge in [0.15, 0.2) is 0 Å². The molecule has 0 fully saturated rings. The lowest BCUT2D eigenvalue weighted by atomic mass is 10.1. The van der Waals surface area contributed by atoms with Gasteiger partial charge in [0.1, 0.15) is 27.0 Å². The van der Waals surface area contributed by atoms with Crippen LogP contribution in [0.25, 0.3) is 33.1 Å². The summed E-state index contributed by atoms with van der Waals surface area (Å²) < 4.78 is 24.9. The van der Waals surface area contributed by atoms with E-state index < -0.39 is 9.84 Å². The number of aromatic nitrogens is 4. The summed E-state index contributed by atoms with van der Waals surface area (Å²) >= 11 is 1.55. The van der Waals surface area contributed by atoms with E-state index in [4.69, 9.17) is 4.98 Å². The summed E-state index contributed by atoms with van der Waals surface area (Å²) in [5.74, 6) is 0.839. The molecule has 8 nitrogen and oxygen atoms in total. The van der Waals surface area contributed by atoms with Gasteiger partial charge in [-0.2, -0.15) is 0 Å². The summed E-state index contributed by atoms with van der Waals surface area (Å²) in [5, 5.41) is 11.6. The van der Waals surface area contributed by atoms with Gasteiger partial charge < -0.3 is 15.2 Å². The molecule has 0 aliphatic carbocycles. The molecule has 0 amide bonds. The van der Waals surface area contributed by atoms with Crippen molar-refractivity contribution in [2.45, 2.75) is 13.1 Å². The maximum Gasteiger partial charge on any atom is 0.148 e. The first-order valence-electron chi connectivity index (χ1n) is 12.9. The summed E-state index contributed by atoms with van der Waals surface area (Å²) in [4.78, 5) is 13.7. The molecule has 0 spiro atoms. The molecule has 0 saturated heterocycles. The molecule has 6 rings (SSSR count). The molecule has 40 heavy (non-hydrogen) atoms. The predicted octanol–water partition coefficient (Wildman–Crippen LogP) is 5.63. The fraction of sp³-hybridized carbons (Fsp3) is 0.167. The molecular weight excluding hydrogens is 541 g/mol. The van der Waals surface area contributed by atoms with Gasteiger partial charge in [-0.1, -0.05) is 36.4 Å². The Bertz CT molecular complexity index is 1900. The molecule has 0 unspecified atom stereocenters. The smallest absolute Gasteiger partial charge is 0.148 e. The monoisotopic (exact) mass is 568 g/mol. The Morgan fingerprint density at radius 3 is 2.70 bits per heavy atom. The van der Waals surface area contributed by atoms with Crippen LogP contribution in [0.2, 0.25) is 0 Å². The van der Waals surface area contributed by atoms with E-state index in [1.807, 2.05) is 23.6 Å². The van der Waals surface area contributed by atoms with Crippen molar-refractivity contribution in [2.75, 3.05) is 23.9 Å². The first kappa shape index (κ1) is 26.1. The average molecular weight is 569 g/mol. The van der Waals surface area contributed by atoms with Crippen LogP contribution in [0, 0.1) is 0 Å². The minimum Gasteiger partial charge on any atom is -0.343 e. The molecule has 0 atom stereocenters. The fourth-order valence-corrected chi connectivity index (χ4v) is 5.91. The lowest BCUT2D eigenvalue weighted by molar-refractivity contribution is 0.596. The summed E-state index contributed by atoms with van der Waals surface area (Å²) in [5.41, 5.74) is 6.07. The number of fused-ring (bicyclic) bond motifs is 2. The van der Waals surface area contributed by atoms with E-state index in [1.165, 1.54) is 17.3 Å². The zero-order valence-electron chi connectivity index (χ0n) is 21.9.